The van der Waals surface area contributed by atoms with E-state index in [4.69, 9.17) is 4.74 Å². The Morgan fingerprint density at radius 3 is 2.52 bits per heavy atom. The first-order valence-electron chi connectivity index (χ1n) is 8.56. The third-order valence-corrected chi connectivity index (χ3v) is 4.91. The maximum atomic E-state index is 13.6. The highest BCUT2D eigenvalue weighted by Crippen LogP contribution is 2.19. The van der Waals surface area contributed by atoms with Crippen LogP contribution in [0.3, 0.4) is 0 Å². The van der Waals surface area contributed by atoms with Crippen LogP contribution >= 0.6 is 0 Å². The van der Waals surface area contributed by atoms with Crippen molar-refractivity contribution in [1.29, 1.82) is 0 Å². The van der Waals surface area contributed by atoms with Gasteiger partial charge in [0, 0.05) is 51.9 Å². The van der Waals surface area contributed by atoms with Crippen LogP contribution in [0.5, 0.6) is 0 Å². The Hall–Kier alpha value is -1.46. The molecule has 0 radical (unpaired) electrons. The van der Waals surface area contributed by atoms with Crippen molar-refractivity contribution in [1.82, 2.24) is 9.80 Å². The van der Waals surface area contributed by atoms with Gasteiger partial charge < -0.3 is 9.64 Å². The molecule has 0 aliphatic carbocycles. The van der Waals surface area contributed by atoms with Crippen LogP contribution in [0.4, 0.5) is 4.39 Å². The summed E-state index contributed by atoms with van der Waals surface area (Å²) >= 11 is 0. The zero-order chi connectivity index (χ0) is 16.1. The van der Waals surface area contributed by atoms with Gasteiger partial charge in [0.25, 0.3) is 0 Å². The highest BCUT2D eigenvalue weighted by molar-refractivity contribution is 5.79. The number of rotatable bonds is 4. The van der Waals surface area contributed by atoms with Gasteiger partial charge in [0.05, 0.1) is 0 Å². The SMILES string of the molecule is O=C(C1CCOCC1)N1CCN(CCc2ccccc2F)CC1. The van der Waals surface area contributed by atoms with Crippen LogP contribution in [-0.2, 0) is 16.0 Å². The Morgan fingerprint density at radius 1 is 1.13 bits per heavy atom. The quantitative estimate of drug-likeness (QED) is 0.850. The van der Waals surface area contributed by atoms with Crippen LogP contribution in [0.15, 0.2) is 24.3 Å². The van der Waals surface area contributed by atoms with Crippen molar-refractivity contribution in [2.75, 3.05) is 45.9 Å². The van der Waals surface area contributed by atoms with Gasteiger partial charge in [0.1, 0.15) is 5.82 Å². The lowest BCUT2D eigenvalue weighted by Gasteiger charge is -2.37. The molecule has 0 atom stereocenters. The second-order valence-electron chi connectivity index (χ2n) is 6.39. The van der Waals surface area contributed by atoms with Gasteiger partial charge in [-0.25, -0.2) is 4.39 Å². The van der Waals surface area contributed by atoms with E-state index in [1.54, 1.807) is 6.07 Å². The maximum absolute atomic E-state index is 13.6. The number of amides is 1. The first-order valence-corrected chi connectivity index (χ1v) is 8.56. The van der Waals surface area contributed by atoms with E-state index in [0.29, 0.717) is 19.1 Å². The van der Waals surface area contributed by atoms with Gasteiger partial charge in [-0.1, -0.05) is 18.2 Å². The third-order valence-electron chi connectivity index (χ3n) is 4.91. The minimum Gasteiger partial charge on any atom is -0.381 e. The van der Waals surface area contributed by atoms with Crippen LogP contribution in [0.1, 0.15) is 18.4 Å². The Labute approximate surface area is 137 Å². The number of hydrogen-bond acceptors (Lipinski definition) is 3. The summed E-state index contributed by atoms with van der Waals surface area (Å²) in [6.07, 6.45) is 2.43. The van der Waals surface area contributed by atoms with Gasteiger partial charge >= 0.3 is 0 Å². The van der Waals surface area contributed by atoms with E-state index in [1.807, 2.05) is 17.0 Å². The van der Waals surface area contributed by atoms with Crippen molar-refractivity contribution >= 4 is 5.91 Å². The largest absolute Gasteiger partial charge is 0.381 e. The van der Waals surface area contributed by atoms with E-state index in [2.05, 4.69) is 4.90 Å². The van der Waals surface area contributed by atoms with Crippen LogP contribution in [-0.4, -0.2) is 61.6 Å². The first kappa shape index (κ1) is 16.4. The third kappa shape index (κ3) is 4.30. The van der Waals surface area contributed by atoms with Crippen molar-refractivity contribution in [3.63, 3.8) is 0 Å². The number of benzene rings is 1. The molecule has 1 amide bonds. The molecule has 1 aromatic rings. The molecule has 0 spiro atoms. The normalized spacial score (nSPS) is 20.7. The van der Waals surface area contributed by atoms with Crippen LogP contribution in [0.25, 0.3) is 0 Å². The molecular formula is C18H25FN2O2. The molecule has 3 rings (SSSR count). The minimum atomic E-state index is -0.124. The first-order chi connectivity index (χ1) is 11.2. The van der Waals surface area contributed by atoms with Crippen molar-refractivity contribution < 1.29 is 13.9 Å². The summed E-state index contributed by atoms with van der Waals surface area (Å²) in [5, 5.41) is 0. The van der Waals surface area contributed by atoms with Gasteiger partial charge in [-0.2, -0.15) is 0 Å². The minimum absolute atomic E-state index is 0.124. The number of nitrogens with zero attached hydrogens (tertiary/aromatic N) is 2. The molecule has 126 valence electrons. The van der Waals surface area contributed by atoms with Gasteiger partial charge in [0.15, 0.2) is 0 Å². The number of hydrogen-bond donors (Lipinski definition) is 0. The molecule has 4 nitrogen and oxygen atoms in total. The van der Waals surface area contributed by atoms with Gasteiger partial charge in [-0.15, -0.1) is 0 Å². The molecule has 2 aliphatic rings. The molecule has 0 N–H and O–H groups in total. The van der Waals surface area contributed by atoms with E-state index < -0.39 is 0 Å². The molecule has 2 fully saturated rings. The van der Waals surface area contributed by atoms with Crippen molar-refractivity contribution in [3.8, 4) is 0 Å². The van der Waals surface area contributed by atoms with Crippen molar-refractivity contribution in [2.24, 2.45) is 5.92 Å². The molecule has 23 heavy (non-hydrogen) atoms. The summed E-state index contributed by atoms with van der Waals surface area (Å²) in [5.74, 6) is 0.316. The zero-order valence-electron chi connectivity index (χ0n) is 13.5. The Balaban J connectivity index is 1.43. The smallest absolute Gasteiger partial charge is 0.225 e. The van der Waals surface area contributed by atoms with Crippen molar-refractivity contribution in [2.45, 2.75) is 19.3 Å². The molecule has 5 heteroatoms. The number of carbonyl (C=O) groups excluding carboxylic acids is 1. The average molecular weight is 320 g/mol. The molecule has 2 saturated heterocycles. The summed E-state index contributed by atoms with van der Waals surface area (Å²) in [7, 11) is 0. The van der Waals surface area contributed by atoms with Crippen molar-refractivity contribution in [3.05, 3.63) is 35.6 Å². The summed E-state index contributed by atoms with van der Waals surface area (Å²) in [6.45, 7) is 5.59. The number of ether oxygens (including phenoxy) is 1. The summed E-state index contributed by atoms with van der Waals surface area (Å²) in [6, 6.07) is 6.96. The maximum Gasteiger partial charge on any atom is 0.225 e. The molecule has 0 bridgehead atoms. The van der Waals surface area contributed by atoms with Crippen LogP contribution in [0, 0.1) is 11.7 Å². The average Bonchev–Trinajstić information content (AvgIpc) is 2.62. The van der Waals surface area contributed by atoms with Gasteiger partial charge in [-0.3, -0.25) is 9.69 Å². The van der Waals surface area contributed by atoms with E-state index in [0.717, 1.165) is 57.5 Å². The molecule has 0 saturated carbocycles. The summed E-state index contributed by atoms with van der Waals surface area (Å²) in [5.41, 5.74) is 0.771. The monoisotopic (exact) mass is 320 g/mol. The Bertz CT molecular complexity index is 524. The lowest BCUT2D eigenvalue weighted by Crippen LogP contribution is -2.51. The molecule has 2 aliphatic heterocycles. The van der Waals surface area contributed by atoms with Gasteiger partial charge in [-0.05, 0) is 30.9 Å². The molecule has 1 aromatic carbocycles. The predicted molar refractivity (Wildman–Crippen MR) is 86.7 cm³/mol. The van der Waals surface area contributed by atoms with E-state index >= 15 is 0 Å². The summed E-state index contributed by atoms with van der Waals surface area (Å²) < 4.78 is 19.0. The van der Waals surface area contributed by atoms with E-state index in [1.165, 1.54) is 6.07 Å². The predicted octanol–water partition coefficient (Wildman–Crippen LogP) is 1.94. The molecule has 2 heterocycles. The lowest BCUT2D eigenvalue weighted by molar-refractivity contribution is -0.140. The van der Waals surface area contributed by atoms with Crippen LogP contribution < -0.4 is 0 Å². The lowest BCUT2D eigenvalue weighted by atomic mass is 9.98. The fourth-order valence-corrected chi connectivity index (χ4v) is 3.37. The Kier molecular flexibility index (Phi) is 5.62. The highest BCUT2D eigenvalue weighted by Gasteiger charge is 2.28. The number of halogens is 1. The van der Waals surface area contributed by atoms with Gasteiger partial charge in [0.2, 0.25) is 5.91 Å². The second kappa shape index (κ2) is 7.88. The fourth-order valence-electron chi connectivity index (χ4n) is 3.37. The summed E-state index contributed by atoms with van der Waals surface area (Å²) in [4.78, 5) is 16.8. The molecule has 0 unspecified atom stereocenters. The number of piperazine rings is 1. The molecular weight excluding hydrogens is 295 g/mol. The molecule has 0 aromatic heterocycles. The zero-order valence-corrected chi connectivity index (χ0v) is 13.5. The Morgan fingerprint density at radius 2 is 1.83 bits per heavy atom. The standard InChI is InChI=1S/C18H25FN2O2/c19-17-4-2-1-3-15(17)5-8-20-9-11-21(12-10-20)18(22)16-6-13-23-14-7-16/h1-4,16H,5-14H2. The fraction of sp³-hybridized carbons (Fsp3) is 0.611. The number of carbonyl (C=O) groups is 1. The second-order valence-corrected chi connectivity index (χ2v) is 6.39. The van der Waals surface area contributed by atoms with E-state index in [-0.39, 0.29) is 11.7 Å². The van der Waals surface area contributed by atoms with E-state index in [9.17, 15) is 9.18 Å². The topological polar surface area (TPSA) is 32.8 Å². The highest BCUT2D eigenvalue weighted by atomic mass is 19.1. The van der Waals surface area contributed by atoms with Crippen LogP contribution in [0.2, 0.25) is 0 Å².